The van der Waals surface area contributed by atoms with Gasteiger partial charge in [-0.15, -0.1) is 0 Å². The monoisotopic (exact) mass is 330 g/mol. The van der Waals surface area contributed by atoms with Gasteiger partial charge in [-0.3, -0.25) is 9.59 Å². The van der Waals surface area contributed by atoms with E-state index in [1.54, 1.807) is 55.5 Å². The molecule has 0 heterocycles. The third-order valence-corrected chi connectivity index (χ3v) is 3.98. The van der Waals surface area contributed by atoms with Crippen LogP contribution in [0.15, 0.2) is 84.5 Å². The highest BCUT2D eigenvalue weighted by atomic mass is 16.1. The number of allylic oxidation sites excluding steroid dienone is 5. The van der Waals surface area contributed by atoms with E-state index in [4.69, 9.17) is 0 Å². The van der Waals surface area contributed by atoms with E-state index >= 15 is 0 Å². The van der Waals surface area contributed by atoms with E-state index in [1.807, 2.05) is 32.1 Å². The third-order valence-electron chi connectivity index (χ3n) is 3.98. The van der Waals surface area contributed by atoms with Gasteiger partial charge in [0.05, 0.1) is 0 Å². The van der Waals surface area contributed by atoms with Crippen molar-refractivity contribution in [2.75, 3.05) is 0 Å². The van der Waals surface area contributed by atoms with Crippen molar-refractivity contribution in [2.24, 2.45) is 0 Å². The van der Waals surface area contributed by atoms with Gasteiger partial charge in [0.25, 0.3) is 0 Å². The molecule has 25 heavy (non-hydrogen) atoms. The van der Waals surface area contributed by atoms with Crippen LogP contribution in [0.2, 0.25) is 0 Å². The maximum absolute atomic E-state index is 12.6. The van der Waals surface area contributed by atoms with Crippen LogP contribution in [0.5, 0.6) is 0 Å². The number of Topliss-reactive ketones (excluding diaryl/α,β-unsaturated/α-hetero) is 1. The van der Waals surface area contributed by atoms with Crippen LogP contribution in [0.1, 0.15) is 45.7 Å². The minimum Gasteiger partial charge on any atom is -0.289 e. The van der Waals surface area contributed by atoms with Gasteiger partial charge >= 0.3 is 0 Å². The van der Waals surface area contributed by atoms with E-state index in [1.165, 1.54) is 0 Å². The maximum Gasteiger partial charge on any atom is 0.193 e. The molecule has 2 aromatic carbocycles. The number of aryl methyl sites for hydroxylation is 1. The Balaban J connectivity index is 2.29. The van der Waals surface area contributed by atoms with Gasteiger partial charge < -0.3 is 0 Å². The normalized spacial score (nSPS) is 12.0. The Morgan fingerprint density at radius 2 is 1.52 bits per heavy atom. The molecule has 2 rings (SSSR count). The summed E-state index contributed by atoms with van der Waals surface area (Å²) in [6.45, 7) is 9.35. The summed E-state index contributed by atoms with van der Waals surface area (Å²) in [5.41, 5.74) is 4.34. The van der Waals surface area contributed by atoms with Crippen LogP contribution in [-0.2, 0) is 0 Å². The number of ketones is 2. The second-order valence-electron chi connectivity index (χ2n) is 6.07. The molecule has 2 aromatic rings. The molecule has 0 unspecified atom stereocenters. The molecular formula is C23H22O2. The van der Waals surface area contributed by atoms with Gasteiger partial charge in [-0.05, 0) is 32.4 Å². The molecule has 0 saturated carbocycles. The predicted molar refractivity (Wildman–Crippen MR) is 103 cm³/mol. The van der Waals surface area contributed by atoms with E-state index in [2.05, 4.69) is 6.58 Å². The minimum absolute atomic E-state index is 0.0846. The van der Waals surface area contributed by atoms with Gasteiger partial charge in [0, 0.05) is 16.7 Å². The number of benzene rings is 2. The summed E-state index contributed by atoms with van der Waals surface area (Å²) in [7, 11) is 0. The quantitative estimate of drug-likeness (QED) is 0.399. The number of carbonyl (C=O) groups excluding carboxylic acids is 2. The molecule has 0 aliphatic heterocycles. The fourth-order valence-electron chi connectivity index (χ4n) is 2.30. The first kappa shape index (κ1) is 18.3. The number of carbonyl (C=O) groups is 2. The lowest BCUT2D eigenvalue weighted by atomic mass is 9.97. The zero-order chi connectivity index (χ0) is 18.4. The number of hydrogen-bond acceptors (Lipinski definition) is 2. The van der Waals surface area contributed by atoms with Crippen molar-refractivity contribution >= 4 is 11.6 Å². The van der Waals surface area contributed by atoms with Crippen LogP contribution in [0.3, 0.4) is 0 Å². The van der Waals surface area contributed by atoms with Crippen LogP contribution in [0, 0.1) is 6.92 Å². The van der Waals surface area contributed by atoms with Crippen LogP contribution in [-0.4, -0.2) is 11.6 Å². The Morgan fingerprint density at radius 3 is 2.16 bits per heavy atom. The Kier molecular flexibility index (Phi) is 6.02. The Bertz CT molecular complexity index is 865. The number of hydrogen-bond donors (Lipinski definition) is 0. The van der Waals surface area contributed by atoms with Crippen molar-refractivity contribution in [3.8, 4) is 0 Å². The summed E-state index contributed by atoms with van der Waals surface area (Å²) in [5.74, 6) is -0.176. The lowest BCUT2D eigenvalue weighted by molar-refractivity contribution is 0.103. The van der Waals surface area contributed by atoms with Gasteiger partial charge in [-0.1, -0.05) is 78.4 Å². The molecule has 0 N–H and O–H groups in total. The average molecular weight is 330 g/mol. The zero-order valence-electron chi connectivity index (χ0n) is 14.9. The molecule has 0 spiro atoms. The summed E-state index contributed by atoms with van der Waals surface area (Å²) >= 11 is 0. The smallest absolute Gasteiger partial charge is 0.193 e. The molecule has 0 atom stereocenters. The lowest BCUT2D eigenvalue weighted by Crippen LogP contribution is -2.05. The molecule has 2 nitrogen and oxygen atoms in total. The fourth-order valence-corrected chi connectivity index (χ4v) is 2.30. The van der Waals surface area contributed by atoms with Crippen molar-refractivity contribution < 1.29 is 9.59 Å². The largest absolute Gasteiger partial charge is 0.289 e. The van der Waals surface area contributed by atoms with Crippen LogP contribution in [0.25, 0.3) is 0 Å². The van der Waals surface area contributed by atoms with Crippen molar-refractivity contribution in [2.45, 2.75) is 20.8 Å². The van der Waals surface area contributed by atoms with Gasteiger partial charge in [0.2, 0.25) is 0 Å². The van der Waals surface area contributed by atoms with Crippen LogP contribution in [0.4, 0.5) is 0 Å². The number of rotatable bonds is 6. The molecule has 0 amide bonds. The molecule has 0 saturated heterocycles. The minimum atomic E-state index is -0.0910. The van der Waals surface area contributed by atoms with Gasteiger partial charge in [-0.25, -0.2) is 0 Å². The maximum atomic E-state index is 12.6. The summed E-state index contributed by atoms with van der Waals surface area (Å²) in [4.78, 5) is 25.2. The van der Waals surface area contributed by atoms with Crippen LogP contribution >= 0.6 is 0 Å². The molecule has 0 aliphatic rings. The average Bonchev–Trinajstić information content (AvgIpc) is 2.65. The van der Waals surface area contributed by atoms with Crippen molar-refractivity contribution in [3.05, 3.63) is 107 Å². The fraction of sp³-hybridized carbons (Fsp3) is 0.130. The molecule has 0 radical (unpaired) electrons. The summed E-state index contributed by atoms with van der Waals surface area (Å²) in [6.07, 6.45) is 5.35. The van der Waals surface area contributed by atoms with E-state index in [9.17, 15) is 9.59 Å². The zero-order valence-corrected chi connectivity index (χ0v) is 14.9. The van der Waals surface area contributed by atoms with E-state index in [0.29, 0.717) is 22.3 Å². The Hall–Kier alpha value is -3.00. The van der Waals surface area contributed by atoms with E-state index in [0.717, 1.165) is 11.1 Å². The first-order valence-corrected chi connectivity index (χ1v) is 8.16. The molecule has 126 valence electrons. The molecule has 0 aromatic heterocycles. The predicted octanol–water partition coefficient (Wildman–Crippen LogP) is 5.49. The standard InChI is InChI=1S/C23H22O2/c1-5-16(2)9-12-18(4)22(24)20-7-6-8-21(15-20)23(25)19-13-10-17(3)11-14-19/h5-15H,1H2,2-4H3/b16-9-,18-12+. The highest BCUT2D eigenvalue weighted by Crippen LogP contribution is 2.15. The second-order valence-corrected chi connectivity index (χ2v) is 6.07. The molecule has 0 bridgehead atoms. The summed E-state index contributed by atoms with van der Waals surface area (Å²) in [6, 6.07) is 14.3. The molecule has 0 aliphatic carbocycles. The molecule has 2 heteroatoms. The van der Waals surface area contributed by atoms with E-state index < -0.39 is 0 Å². The lowest BCUT2D eigenvalue weighted by Gasteiger charge is -2.05. The van der Waals surface area contributed by atoms with Crippen molar-refractivity contribution in [1.82, 2.24) is 0 Å². The molecule has 0 fully saturated rings. The third kappa shape index (κ3) is 4.74. The van der Waals surface area contributed by atoms with Crippen LogP contribution < -0.4 is 0 Å². The topological polar surface area (TPSA) is 34.1 Å². The second kappa shape index (κ2) is 8.20. The first-order valence-electron chi connectivity index (χ1n) is 8.16. The van der Waals surface area contributed by atoms with Crippen molar-refractivity contribution in [3.63, 3.8) is 0 Å². The highest BCUT2D eigenvalue weighted by Gasteiger charge is 2.13. The van der Waals surface area contributed by atoms with Gasteiger partial charge in [0.1, 0.15) is 0 Å². The van der Waals surface area contributed by atoms with E-state index in [-0.39, 0.29) is 11.6 Å². The first-order chi connectivity index (χ1) is 11.9. The molecular weight excluding hydrogens is 308 g/mol. The summed E-state index contributed by atoms with van der Waals surface area (Å²) in [5, 5.41) is 0. The Labute approximate surface area is 149 Å². The Morgan fingerprint density at radius 1 is 0.880 bits per heavy atom. The van der Waals surface area contributed by atoms with Crippen molar-refractivity contribution in [1.29, 1.82) is 0 Å². The van der Waals surface area contributed by atoms with Gasteiger partial charge in [-0.2, -0.15) is 0 Å². The summed E-state index contributed by atoms with van der Waals surface area (Å²) < 4.78 is 0. The highest BCUT2D eigenvalue weighted by molar-refractivity contribution is 6.13. The van der Waals surface area contributed by atoms with Gasteiger partial charge in [0.15, 0.2) is 11.6 Å². The SMILES string of the molecule is C=C/C(C)=C\C=C(/C)C(=O)c1cccc(C(=O)c2ccc(C)cc2)c1.